The Bertz CT molecular complexity index is 432. The van der Waals surface area contributed by atoms with E-state index in [2.05, 4.69) is 6.07 Å². The van der Waals surface area contributed by atoms with E-state index in [1.807, 2.05) is 23.9 Å². The van der Waals surface area contributed by atoms with Gasteiger partial charge < -0.3 is 15.2 Å². The first-order valence-electron chi connectivity index (χ1n) is 7.09. The first kappa shape index (κ1) is 13.1. The van der Waals surface area contributed by atoms with Crippen LogP contribution in [0.5, 0.6) is 11.5 Å². The molecule has 1 fully saturated rings. The van der Waals surface area contributed by atoms with Crippen LogP contribution in [0.25, 0.3) is 0 Å². The number of benzene rings is 1. The molecular weight excluding hydrogens is 258 g/mol. The number of ether oxygens (including phenoxy) is 2. The fourth-order valence-electron chi connectivity index (χ4n) is 2.71. The minimum Gasteiger partial charge on any atom is -0.454 e. The largest absolute Gasteiger partial charge is 0.454 e. The van der Waals surface area contributed by atoms with Crippen molar-refractivity contribution in [1.82, 2.24) is 0 Å². The highest BCUT2D eigenvalue weighted by Crippen LogP contribution is 2.35. The molecule has 2 aliphatic rings. The average molecular weight is 279 g/mol. The minimum atomic E-state index is 0.0847. The Morgan fingerprint density at radius 3 is 2.79 bits per heavy atom. The molecule has 4 heteroatoms. The summed E-state index contributed by atoms with van der Waals surface area (Å²) in [6, 6.07) is 6.12. The van der Waals surface area contributed by atoms with Gasteiger partial charge in [0.1, 0.15) is 0 Å². The molecule has 2 N–H and O–H groups in total. The van der Waals surface area contributed by atoms with Gasteiger partial charge in [-0.25, -0.2) is 0 Å². The molecule has 104 valence electrons. The van der Waals surface area contributed by atoms with Crippen LogP contribution in [0.15, 0.2) is 18.2 Å². The van der Waals surface area contributed by atoms with Crippen LogP contribution in [-0.2, 0) is 0 Å². The SMILES string of the molecule is NC(CSC1CCCCC1)c1ccc2c(c1)OCO2. The molecule has 1 aliphatic carbocycles. The third kappa shape index (κ3) is 3.18. The maximum atomic E-state index is 6.29. The molecule has 1 saturated carbocycles. The van der Waals surface area contributed by atoms with Gasteiger partial charge in [-0.3, -0.25) is 0 Å². The summed E-state index contributed by atoms with van der Waals surface area (Å²) in [5.74, 6) is 2.65. The third-order valence-corrected chi connectivity index (χ3v) is 5.38. The monoisotopic (exact) mass is 279 g/mol. The summed E-state index contributed by atoms with van der Waals surface area (Å²) in [7, 11) is 0. The second-order valence-corrected chi connectivity index (χ2v) is 6.65. The Hall–Kier alpha value is -0.870. The quantitative estimate of drug-likeness (QED) is 0.916. The van der Waals surface area contributed by atoms with Crippen LogP contribution in [0.2, 0.25) is 0 Å². The van der Waals surface area contributed by atoms with E-state index in [1.54, 1.807) is 0 Å². The summed E-state index contributed by atoms with van der Waals surface area (Å²) >= 11 is 2.04. The summed E-state index contributed by atoms with van der Waals surface area (Å²) in [5, 5.41) is 0.814. The van der Waals surface area contributed by atoms with Gasteiger partial charge in [0.25, 0.3) is 0 Å². The van der Waals surface area contributed by atoms with Crippen molar-refractivity contribution in [2.45, 2.75) is 43.4 Å². The normalized spacial score (nSPS) is 20.5. The minimum absolute atomic E-state index is 0.0847. The van der Waals surface area contributed by atoms with Crippen molar-refractivity contribution in [2.24, 2.45) is 5.73 Å². The predicted octanol–water partition coefficient (Wildman–Crippen LogP) is 3.48. The Labute approximate surface area is 118 Å². The molecule has 1 aromatic rings. The summed E-state index contributed by atoms with van der Waals surface area (Å²) in [6.45, 7) is 0.324. The Balaban J connectivity index is 1.56. The zero-order chi connectivity index (χ0) is 13.1. The van der Waals surface area contributed by atoms with E-state index in [1.165, 1.54) is 32.1 Å². The molecule has 0 radical (unpaired) electrons. The third-order valence-electron chi connectivity index (χ3n) is 3.89. The van der Waals surface area contributed by atoms with Gasteiger partial charge in [-0.2, -0.15) is 11.8 Å². The van der Waals surface area contributed by atoms with Crippen molar-refractivity contribution in [3.8, 4) is 11.5 Å². The Morgan fingerprint density at radius 2 is 1.95 bits per heavy atom. The second kappa shape index (κ2) is 6.06. The maximum Gasteiger partial charge on any atom is 0.231 e. The van der Waals surface area contributed by atoms with Crippen LogP contribution < -0.4 is 15.2 Å². The van der Waals surface area contributed by atoms with Crippen LogP contribution in [0.4, 0.5) is 0 Å². The lowest BCUT2D eigenvalue weighted by Gasteiger charge is -2.22. The summed E-state index contributed by atoms with van der Waals surface area (Å²) in [5.41, 5.74) is 7.43. The highest BCUT2D eigenvalue weighted by molar-refractivity contribution is 7.99. The number of thioether (sulfide) groups is 1. The van der Waals surface area contributed by atoms with Crippen molar-refractivity contribution in [3.63, 3.8) is 0 Å². The van der Waals surface area contributed by atoms with E-state index in [0.29, 0.717) is 6.79 Å². The number of hydrogen-bond acceptors (Lipinski definition) is 4. The van der Waals surface area contributed by atoms with Crippen LogP contribution in [0.3, 0.4) is 0 Å². The van der Waals surface area contributed by atoms with E-state index in [0.717, 1.165) is 28.1 Å². The first-order chi connectivity index (χ1) is 9.33. The highest BCUT2D eigenvalue weighted by atomic mass is 32.2. The molecule has 0 spiro atoms. The maximum absolute atomic E-state index is 6.29. The molecule has 0 amide bonds. The van der Waals surface area contributed by atoms with Gasteiger partial charge in [0.05, 0.1) is 0 Å². The van der Waals surface area contributed by atoms with Crippen LogP contribution in [0, 0.1) is 0 Å². The molecule has 19 heavy (non-hydrogen) atoms. The molecule has 1 aromatic carbocycles. The zero-order valence-electron chi connectivity index (χ0n) is 11.1. The molecule has 1 unspecified atom stereocenters. The smallest absolute Gasteiger partial charge is 0.231 e. The van der Waals surface area contributed by atoms with E-state index in [-0.39, 0.29) is 6.04 Å². The summed E-state index contributed by atoms with van der Waals surface area (Å²) in [4.78, 5) is 0. The average Bonchev–Trinajstić information content (AvgIpc) is 2.93. The van der Waals surface area contributed by atoms with Gasteiger partial charge in [0, 0.05) is 17.0 Å². The van der Waals surface area contributed by atoms with E-state index >= 15 is 0 Å². The van der Waals surface area contributed by atoms with E-state index < -0.39 is 0 Å². The number of nitrogens with two attached hydrogens (primary N) is 1. The van der Waals surface area contributed by atoms with Crippen molar-refractivity contribution in [2.75, 3.05) is 12.5 Å². The van der Waals surface area contributed by atoms with Gasteiger partial charge in [0.15, 0.2) is 11.5 Å². The topological polar surface area (TPSA) is 44.5 Å². The molecule has 0 bridgehead atoms. The Kier molecular flexibility index (Phi) is 4.18. The number of fused-ring (bicyclic) bond motifs is 1. The van der Waals surface area contributed by atoms with E-state index in [9.17, 15) is 0 Å². The van der Waals surface area contributed by atoms with Crippen LogP contribution >= 0.6 is 11.8 Å². The summed E-state index contributed by atoms with van der Waals surface area (Å²) < 4.78 is 10.7. The first-order valence-corrected chi connectivity index (χ1v) is 8.14. The van der Waals surface area contributed by atoms with E-state index in [4.69, 9.17) is 15.2 Å². The molecule has 1 aliphatic heterocycles. The van der Waals surface area contributed by atoms with Crippen molar-refractivity contribution < 1.29 is 9.47 Å². The molecule has 1 atom stereocenters. The lowest BCUT2D eigenvalue weighted by molar-refractivity contribution is 0.174. The molecule has 0 saturated heterocycles. The molecule has 1 heterocycles. The van der Waals surface area contributed by atoms with Crippen LogP contribution in [0.1, 0.15) is 43.7 Å². The van der Waals surface area contributed by atoms with Crippen LogP contribution in [-0.4, -0.2) is 17.8 Å². The number of hydrogen-bond donors (Lipinski definition) is 1. The second-order valence-electron chi connectivity index (χ2n) is 5.31. The highest BCUT2D eigenvalue weighted by Gasteiger charge is 2.18. The van der Waals surface area contributed by atoms with Crippen molar-refractivity contribution in [1.29, 1.82) is 0 Å². The van der Waals surface area contributed by atoms with Gasteiger partial charge in [-0.1, -0.05) is 25.3 Å². The van der Waals surface area contributed by atoms with Gasteiger partial charge in [-0.05, 0) is 30.5 Å². The zero-order valence-corrected chi connectivity index (χ0v) is 12.0. The van der Waals surface area contributed by atoms with Gasteiger partial charge in [-0.15, -0.1) is 0 Å². The molecule has 3 nitrogen and oxygen atoms in total. The molecular formula is C15H21NO2S. The lowest BCUT2D eigenvalue weighted by Crippen LogP contribution is -2.17. The fraction of sp³-hybridized carbons (Fsp3) is 0.600. The lowest BCUT2D eigenvalue weighted by atomic mass is 10.0. The summed E-state index contributed by atoms with van der Waals surface area (Å²) in [6.07, 6.45) is 6.90. The fourth-order valence-corrected chi connectivity index (χ4v) is 4.05. The molecule has 3 rings (SSSR count). The van der Waals surface area contributed by atoms with Gasteiger partial charge in [0.2, 0.25) is 6.79 Å². The standard InChI is InChI=1S/C15H21NO2S/c16-13(9-19-12-4-2-1-3-5-12)11-6-7-14-15(8-11)18-10-17-14/h6-8,12-13H,1-5,9-10,16H2. The van der Waals surface area contributed by atoms with Gasteiger partial charge >= 0.3 is 0 Å². The molecule has 0 aromatic heterocycles. The van der Waals surface area contributed by atoms with Crippen molar-refractivity contribution in [3.05, 3.63) is 23.8 Å². The van der Waals surface area contributed by atoms with Crippen molar-refractivity contribution >= 4 is 11.8 Å². The predicted molar refractivity (Wildman–Crippen MR) is 78.8 cm³/mol. The number of rotatable bonds is 4. The Morgan fingerprint density at radius 1 is 1.16 bits per heavy atom.